The quantitative estimate of drug-likeness (QED) is 0.615. The summed E-state index contributed by atoms with van der Waals surface area (Å²) in [6, 6.07) is 11.7. The zero-order valence-electron chi connectivity index (χ0n) is 9.13. The first-order valence-electron chi connectivity index (χ1n) is 5.15. The van der Waals surface area contributed by atoms with Crippen molar-refractivity contribution in [1.82, 2.24) is 0 Å². The topological polar surface area (TPSA) is 0 Å². The fraction of sp³-hybridized carbons (Fsp3) is 0. The fourth-order valence-electron chi connectivity index (χ4n) is 1.45. The SMILES string of the molecule is F/C(=C(/F)c1ccc(Cl)cc1)c1ccc(Cl)cc1. The van der Waals surface area contributed by atoms with E-state index in [1.54, 1.807) is 0 Å². The first-order valence-corrected chi connectivity index (χ1v) is 5.90. The van der Waals surface area contributed by atoms with Gasteiger partial charge in [0.15, 0.2) is 11.7 Å². The van der Waals surface area contributed by atoms with Crippen LogP contribution in [-0.2, 0) is 0 Å². The lowest BCUT2D eigenvalue weighted by atomic mass is 10.1. The van der Waals surface area contributed by atoms with Gasteiger partial charge in [0.2, 0.25) is 0 Å². The number of halogens is 4. The number of hydrogen-bond acceptors (Lipinski definition) is 0. The third-order valence-corrected chi connectivity index (χ3v) is 2.89. The van der Waals surface area contributed by atoms with E-state index in [9.17, 15) is 8.78 Å². The van der Waals surface area contributed by atoms with Gasteiger partial charge in [-0.15, -0.1) is 0 Å². The Balaban J connectivity index is 2.40. The molecule has 0 nitrogen and oxygen atoms in total. The van der Waals surface area contributed by atoms with Gasteiger partial charge in [0.25, 0.3) is 0 Å². The summed E-state index contributed by atoms with van der Waals surface area (Å²) in [5.74, 6) is -1.84. The Kier molecular flexibility index (Phi) is 4.00. The minimum absolute atomic E-state index is 0.145. The van der Waals surface area contributed by atoms with Crippen molar-refractivity contribution < 1.29 is 8.78 Å². The van der Waals surface area contributed by atoms with Crippen molar-refractivity contribution in [2.45, 2.75) is 0 Å². The third-order valence-electron chi connectivity index (χ3n) is 2.39. The average Bonchev–Trinajstić information content (AvgIpc) is 2.39. The van der Waals surface area contributed by atoms with Gasteiger partial charge in [-0.2, -0.15) is 0 Å². The van der Waals surface area contributed by atoms with E-state index in [-0.39, 0.29) is 11.1 Å². The van der Waals surface area contributed by atoms with Crippen molar-refractivity contribution in [3.05, 3.63) is 69.7 Å². The molecule has 0 saturated heterocycles. The zero-order chi connectivity index (χ0) is 13.1. The summed E-state index contributed by atoms with van der Waals surface area (Å²) in [6.45, 7) is 0. The Morgan fingerprint density at radius 1 is 0.611 bits per heavy atom. The second-order valence-corrected chi connectivity index (χ2v) is 4.51. The van der Waals surface area contributed by atoms with Crippen LogP contribution in [0.1, 0.15) is 11.1 Å². The maximum Gasteiger partial charge on any atom is 0.166 e. The molecule has 0 amide bonds. The number of hydrogen-bond donors (Lipinski definition) is 0. The van der Waals surface area contributed by atoms with Gasteiger partial charge >= 0.3 is 0 Å². The smallest absolute Gasteiger partial charge is 0.166 e. The van der Waals surface area contributed by atoms with Gasteiger partial charge < -0.3 is 0 Å². The molecule has 4 heteroatoms. The molecule has 0 atom stereocenters. The van der Waals surface area contributed by atoms with Crippen LogP contribution in [-0.4, -0.2) is 0 Å². The van der Waals surface area contributed by atoms with E-state index in [2.05, 4.69) is 0 Å². The molecule has 0 spiro atoms. The summed E-state index contributed by atoms with van der Waals surface area (Å²) >= 11 is 11.4. The Bertz CT molecular complexity index is 518. The summed E-state index contributed by atoms with van der Waals surface area (Å²) in [6.07, 6.45) is 0. The monoisotopic (exact) mass is 284 g/mol. The second-order valence-electron chi connectivity index (χ2n) is 3.64. The Morgan fingerprint density at radius 2 is 0.889 bits per heavy atom. The minimum atomic E-state index is -0.922. The summed E-state index contributed by atoms with van der Waals surface area (Å²) in [5, 5.41) is 0.942. The first-order chi connectivity index (χ1) is 8.58. The maximum atomic E-state index is 13.9. The van der Waals surface area contributed by atoms with Crippen molar-refractivity contribution in [2.24, 2.45) is 0 Å². The van der Waals surface area contributed by atoms with Crippen LogP contribution in [0.2, 0.25) is 10.0 Å². The van der Waals surface area contributed by atoms with Gasteiger partial charge in [0.1, 0.15) is 0 Å². The van der Waals surface area contributed by atoms with Crippen LogP contribution in [0, 0.1) is 0 Å². The zero-order valence-corrected chi connectivity index (χ0v) is 10.6. The predicted molar refractivity (Wildman–Crippen MR) is 71.9 cm³/mol. The Hall–Kier alpha value is -1.38. The second kappa shape index (κ2) is 5.51. The largest absolute Gasteiger partial charge is 0.203 e. The van der Waals surface area contributed by atoms with Gasteiger partial charge in [-0.1, -0.05) is 47.5 Å². The van der Waals surface area contributed by atoms with E-state index in [0.717, 1.165) is 0 Å². The molecule has 0 heterocycles. The van der Waals surface area contributed by atoms with Crippen molar-refractivity contribution in [2.75, 3.05) is 0 Å². The molecule has 0 N–H and O–H groups in total. The molecule has 0 aliphatic rings. The molecule has 2 aromatic carbocycles. The van der Waals surface area contributed by atoms with Crippen LogP contribution >= 0.6 is 23.2 Å². The van der Waals surface area contributed by atoms with Crippen molar-refractivity contribution in [3.63, 3.8) is 0 Å². The molecule has 0 aliphatic heterocycles. The highest BCUT2D eigenvalue weighted by molar-refractivity contribution is 6.30. The lowest BCUT2D eigenvalue weighted by molar-refractivity contribution is 0.700. The highest BCUT2D eigenvalue weighted by Crippen LogP contribution is 2.29. The highest BCUT2D eigenvalue weighted by atomic mass is 35.5. The van der Waals surface area contributed by atoms with Gasteiger partial charge in [0.05, 0.1) is 0 Å². The van der Waals surface area contributed by atoms with Crippen LogP contribution in [0.25, 0.3) is 11.7 Å². The van der Waals surface area contributed by atoms with Crippen LogP contribution < -0.4 is 0 Å². The lowest BCUT2D eigenvalue weighted by Gasteiger charge is -2.02. The fourth-order valence-corrected chi connectivity index (χ4v) is 1.70. The highest BCUT2D eigenvalue weighted by Gasteiger charge is 2.11. The van der Waals surface area contributed by atoms with Gasteiger partial charge in [-0.05, 0) is 24.3 Å². The molecule has 0 aromatic heterocycles. The minimum Gasteiger partial charge on any atom is -0.203 e. The maximum absolute atomic E-state index is 13.9. The number of benzene rings is 2. The normalized spacial score (nSPS) is 12.2. The molecule has 0 bridgehead atoms. The Labute approximate surface area is 113 Å². The Morgan fingerprint density at radius 3 is 1.17 bits per heavy atom. The standard InChI is InChI=1S/C14H8Cl2F2/c15-11-5-1-9(2-6-11)13(17)14(18)10-3-7-12(16)8-4-10/h1-8H/b14-13+. The molecule has 0 radical (unpaired) electrons. The van der Waals surface area contributed by atoms with Gasteiger partial charge in [0, 0.05) is 21.2 Å². The molecule has 92 valence electrons. The summed E-state index contributed by atoms with van der Waals surface area (Å²) in [5.41, 5.74) is 0.290. The molecule has 0 unspecified atom stereocenters. The lowest BCUT2D eigenvalue weighted by Crippen LogP contribution is -1.84. The van der Waals surface area contributed by atoms with E-state index in [1.165, 1.54) is 48.5 Å². The predicted octanol–water partition coefficient (Wildman–Crippen LogP) is 5.76. The van der Waals surface area contributed by atoms with Crippen molar-refractivity contribution >= 4 is 34.9 Å². The van der Waals surface area contributed by atoms with E-state index in [4.69, 9.17) is 23.2 Å². The summed E-state index contributed by atoms with van der Waals surface area (Å²) < 4.78 is 27.8. The van der Waals surface area contributed by atoms with Crippen LogP contribution in [0.5, 0.6) is 0 Å². The van der Waals surface area contributed by atoms with Crippen LogP contribution in [0.15, 0.2) is 48.5 Å². The third kappa shape index (κ3) is 2.89. The van der Waals surface area contributed by atoms with Crippen LogP contribution in [0.4, 0.5) is 8.78 Å². The van der Waals surface area contributed by atoms with Crippen LogP contribution in [0.3, 0.4) is 0 Å². The van der Waals surface area contributed by atoms with Crippen molar-refractivity contribution in [3.8, 4) is 0 Å². The molecular weight excluding hydrogens is 277 g/mol. The number of rotatable bonds is 2. The molecule has 0 saturated carbocycles. The summed E-state index contributed by atoms with van der Waals surface area (Å²) in [7, 11) is 0. The first kappa shape index (κ1) is 13.1. The summed E-state index contributed by atoms with van der Waals surface area (Å²) in [4.78, 5) is 0. The van der Waals surface area contributed by atoms with E-state index < -0.39 is 11.7 Å². The molecule has 0 fully saturated rings. The molecule has 18 heavy (non-hydrogen) atoms. The van der Waals surface area contributed by atoms with Gasteiger partial charge in [-0.25, -0.2) is 8.78 Å². The van der Waals surface area contributed by atoms with E-state index in [1.807, 2.05) is 0 Å². The van der Waals surface area contributed by atoms with E-state index in [0.29, 0.717) is 10.0 Å². The molecular formula is C14H8Cl2F2. The van der Waals surface area contributed by atoms with Gasteiger partial charge in [-0.3, -0.25) is 0 Å². The van der Waals surface area contributed by atoms with E-state index >= 15 is 0 Å². The molecule has 2 rings (SSSR count). The molecule has 0 aliphatic carbocycles. The van der Waals surface area contributed by atoms with Crippen molar-refractivity contribution in [1.29, 1.82) is 0 Å². The molecule has 2 aromatic rings. The average molecular weight is 285 g/mol.